The van der Waals surface area contributed by atoms with E-state index in [0.717, 1.165) is 0 Å². The van der Waals surface area contributed by atoms with Crippen LogP contribution in [0, 0.1) is 6.92 Å². The maximum absolute atomic E-state index is 12.4. The van der Waals surface area contributed by atoms with Crippen LogP contribution in [0.1, 0.15) is 17.2 Å². The minimum absolute atomic E-state index is 0.122. The van der Waals surface area contributed by atoms with E-state index in [2.05, 4.69) is 10.3 Å². The number of nitrogens with zero attached hydrogens (tertiary/aromatic N) is 1. The number of rotatable bonds is 9. The summed E-state index contributed by atoms with van der Waals surface area (Å²) in [5.41, 5.74) is 1.26. The van der Waals surface area contributed by atoms with Crippen molar-refractivity contribution in [3.05, 3.63) is 53.8 Å². The number of hydrogen-bond acceptors (Lipinski definition) is 7. The second-order valence-electron chi connectivity index (χ2n) is 6.18. The molecule has 3 rings (SSSR count). The van der Waals surface area contributed by atoms with E-state index in [0.29, 0.717) is 40.2 Å². The molecule has 0 fully saturated rings. The monoisotopic (exact) mass is 418 g/mol. The van der Waals surface area contributed by atoms with Gasteiger partial charge in [0.1, 0.15) is 17.3 Å². The number of oxazole rings is 1. The molecule has 0 aliphatic heterocycles. The van der Waals surface area contributed by atoms with Crippen LogP contribution < -0.4 is 14.8 Å². The summed E-state index contributed by atoms with van der Waals surface area (Å²) in [5, 5.41) is 2.68. The summed E-state index contributed by atoms with van der Waals surface area (Å²) >= 11 is 0. The molecule has 1 N–H and O–H groups in total. The third-order valence-corrected chi connectivity index (χ3v) is 5.33. The molecule has 29 heavy (non-hydrogen) atoms. The van der Waals surface area contributed by atoms with Gasteiger partial charge in [0.05, 0.1) is 38.5 Å². The highest BCUT2D eigenvalue weighted by Gasteiger charge is 2.17. The van der Waals surface area contributed by atoms with E-state index < -0.39 is 10.8 Å². The molecule has 8 nitrogen and oxygen atoms in total. The van der Waals surface area contributed by atoms with Gasteiger partial charge in [0.2, 0.25) is 11.8 Å². The van der Waals surface area contributed by atoms with Gasteiger partial charge in [-0.2, -0.15) is 0 Å². The molecule has 0 saturated carbocycles. The van der Waals surface area contributed by atoms with Gasteiger partial charge in [-0.3, -0.25) is 9.00 Å². The molecule has 0 spiro atoms. The summed E-state index contributed by atoms with van der Waals surface area (Å²) in [4.78, 5) is 16.4. The highest BCUT2D eigenvalue weighted by molar-refractivity contribution is 7.84. The Morgan fingerprint density at radius 3 is 2.69 bits per heavy atom. The molecule has 154 valence electrons. The number of aromatic nitrogens is 1. The average Bonchev–Trinajstić information content (AvgIpc) is 3.36. The average molecular weight is 418 g/mol. The molecular formula is C20H22N2O6S. The maximum atomic E-state index is 12.4. The van der Waals surface area contributed by atoms with Crippen LogP contribution in [-0.4, -0.2) is 35.1 Å². The first kappa shape index (κ1) is 20.7. The van der Waals surface area contributed by atoms with E-state index in [9.17, 15) is 9.00 Å². The van der Waals surface area contributed by atoms with Crippen LogP contribution in [0.3, 0.4) is 0 Å². The maximum Gasteiger partial charge on any atom is 0.233 e. The van der Waals surface area contributed by atoms with Crippen LogP contribution in [0.25, 0.3) is 11.5 Å². The molecule has 1 aromatic carbocycles. The van der Waals surface area contributed by atoms with Crippen molar-refractivity contribution in [1.29, 1.82) is 0 Å². The zero-order valence-electron chi connectivity index (χ0n) is 16.4. The number of benzene rings is 1. The number of aryl methyl sites for hydroxylation is 1. The molecule has 0 aliphatic rings. The minimum Gasteiger partial charge on any atom is -0.493 e. The van der Waals surface area contributed by atoms with E-state index >= 15 is 0 Å². The van der Waals surface area contributed by atoms with Gasteiger partial charge in [0.25, 0.3) is 0 Å². The molecular weight excluding hydrogens is 396 g/mol. The number of amides is 1. The molecule has 0 bridgehead atoms. The Kier molecular flexibility index (Phi) is 6.71. The second kappa shape index (κ2) is 9.42. The highest BCUT2D eigenvalue weighted by atomic mass is 32.2. The summed E-state index contributed by atoms with van der Waals surface area (Å²) < 4.78 is 33.8. The third kappa shape index (κ3) is 5.26. The van der Waals surface area contributed by atoms with Gasteiger partial charge in [0, 0.05) is 16.4 Å². The standard InChI is InChI=1S/C20H22N2O6S/c1-13-16(11-29(24)12-19(23)21-10-15-5-4-8-27-15)22-20(28-13)14-6-7-17(25-2)18(9-14)26-3/h4-9H,10-12H2,1-3H3,(H,21,23)/t29-/m1/s1. The molecule has 1 amide bonds. The van der Waals surface area contributed by atoms with Crippen molar-refractivity contribution in [2.45, 2.75) is 19.2 Å². The molecule has 0 saturated heterocycles. The van der Waals surface area contributed by atoms with Gasteiger partial charge >= 0.3 is 0 Å². The molecule has 2 aromatic heterocycles. The van der Waals surface area contributed by atoms with Crippen molar-refractivity contribution in [1.82, 2.24) is 10.3 Å². The molecule has 1 atom stereocenters. The van der Waals surface area contributed by atoms with Gasteiger partial charge in [-0.1, -0.05) is 0 Å². The fourth-order valence-corrected chi connectivity index (χ4v) is 3.72. The van der Waals surface area contributed by atoms with Crippen LogP contribution >= 0.6 is 0 Å². The SMILES string of the molecule is COc1ccc(-c2nc(C[S@@](=O)CC(=O)NCc3ccco3)c(C)o2)cc1OC. The van der Waals surface area contributed by atoms with Crippen LogP contribution in [0.5, 0.6) is 11.5 Å². The lowest BCUT2D eigenvalue weighted by Gasteiger charge is -2.07. The normalized spacial score (nSPS) is 11.8. The second-order valence-corrected chi connectivity index (χ2v) is 7.63. The number of methoxy groups -OCH3 is 2. The minimum atomic E-state index is -1.42. The Balaban J connectivity index is 1.62. The lowest BCUT2D eigenvalue weighted by atomic mass is 10.2. The molecule has 9 heteroatoms. The lowest BCUT2D eigenvalue weighted by molar-refractivity contribution is -0.118. The predicted octanol–water partition coefficient (Wildman–Crippen LogP) is 2.83. The van der Waals surface area contributed by atoms with Crippen molar-refractivity contribution in [3.8, 4) is 23.0 Å². The van der Waals surface area contributed by atoms with E-state index in [1.165, 1.54) is 6.26 Å². The van der Waals surface area contributed by atoms with E-state index in [4.69, 9.17) is 18.3 Å². The van der Waals surface area contributed by atoms with Crippen LogP contribution in [0.15, 0.2) is 45.4 Å². The Labute approximate surface area is 170 Å². The quantitative estimate of drug-likeness (QED) is 0.570. The number of nitrogens with one attached hydrogen (secondary N) is 1. The summed E-state index contributed by atoms with van der Waals surface area (Å²) in [6.45, 7) is 2.01. The van der Waals surface area contributed by atoms with E-state index in [1.807, 2.05) is 0 Å². The number of ether oxygens (including phenoxy) is 2. The molecule has 3 aromatic rings. The van der Waals surface area contributed by atoms with Crippen molar-refractivity contribution in [2.75, 3.05) is 20.0 Å². The number of carbonyl (C=O) groups is 1. The first-order valence-corrected chi connectivity index (χ1v) is 10.3. The van der Waals surface area contributed by atoms with Crippen LogP contribution in [0.4, 0.5) is 0 Å². The first-order valence-electron chi connectivity index (χ1n) is 8.83. The van der Waals surface area contributed by atoms with Gasteiger partial charge in [-0.05, 0) is 37.3 Å². The third-order valence-electron chi connectivity index (χ3n) is 4.15. The van der Waals surface area contributed by atoms with Crippen molar-refractivity contribution >= 4 is 16.7 Å². The Hall–Kier alpha value is -3.07. The Bertz CT molecular complexity index is 997. The Morgan fingerprint density at radius 2 is 2.00 bits per heavy atom. The molecule has 0 radical (unpaired) electrons. The topological polar surface area (TPSA) is 104 Å². The summed E-state index contributed by atoms with van der Waals surface area (Å²) in [6, 6.07) is 8.81. The van der Waals surface area contributed by atoms with Gasteiger partial charge in [0.15, 0.2) is 11.5 Å². The van der Waals surface area contributed by atoms with Crippen LogP contribution in [0.2, 0.25) is 0 Å². The number of carbonyl (C=O) groups excluding carboxylic acids is 1. The highest BCUT2D eigenvalue weighted by Crippen LogP contribution is 2.32. The summed E-state index contributed by atoms with van der Waals surface area (Å²) in [5.74, 6) is 2.41. The predicted molar refractivity (Wildman–Crippen MR) is 107 cm³/mol. The fourth-order valence-electron chi connectivity index (χ4n) is 2.65. The van der Waals surface area contributed by atoms with E-state index in [-0.39, 0.29) is 24.0 Å². The van der Waals surface area contributed by atoms with Crippen LogP contribution in [-0.2, 0) is 27.9 Å². The van der Waals surface area contributed by atoms with Gasteiger partial charge < -0.3 is 23.6 Å². The molecule has 0 unspecified atom stereocenters. The van der Waals surface area contributed by atoms with Crippen molar-refractivity contribution in [3.63, 3.8) is 0 Å². The number of furan rings is 1. The number of hydrogen-bond donors (Lipinski definition) is 1. The zero-order chi connectivity index (χ0) is 20.8. The summed E-state index contributed by atoms with van der Waals surface area (Å²) in [7, 11) is 1.69. The van der Waals surface area contributed by atoms with Crippen molar-refractivity contribution < 1.29 is 27.3 Å². The van der Waals surface area contributed by atoms with E-state index in [1.54, 1.807) is 51.5 Å². The first-order chi connectivity index (χ1) is 14.0. The largest absolute Gasteiger partial charge is 0.493 e. The van der Waals surface area contributed by atoms with Gasteiger partial charge in [-0.15, -0.1) is 0 Å². The smallest absolute Gasteiger partial charge is 0.233 e. The van der Waals surface area contributed by atoms with Crippen molar-refractivity contribution in [2.24, 2.45) is 0 Å². The van der Waals surface area contributed by atoms with Gasteiger partial charge in [-0.25, -0.2) is 4.98 Å². The Morgan fingerprint density at radius 1 is 1.21 bits per heavy atom. The lowest BCUT2D eigenvalue weighted by Crippen LogP contribution is -2.28. The fraction of sp³-hybridized carbons (Fsp3) is 0.300. The molecule has 0 aliphatic carbocycles. The molecule has 2 heterocycles. The zero-order valence-corrected chi connectivity index (χ0v) is 17.2. The summed E-state index contributed by atoms with van der Waals surface area (Å²) in [6.07, 6.45) is 1.53.